The van der Waals surface area contributed by atoms with Gasteiger partial charge in [0.25, 0.3) is 5.56 Å². The van der Waals surface area contributed by atoms with Gasteiger partial charge in [-0.15, -0.1) is 0 Å². The molecule has 3 heteroatoms. The molecule has 0 spiro atoms. The summed E-state index contributed by atoms with van der Waals surface area (Å²) in [5, 5.41) is 0.850. The number of ketones is 1. The number of aryl methyl sites for hydroxylation is 1. The van der Waals surface area contributed by atoms with Crippen LogP contribution in [0, 0.1) is 6.92 Å². The number of H-pyrrole nitrogens is 1. The number of para-hydroxylation sites is 1. The summed E-state index contributed by atoms with van der Waals surface area (Å²) in [4.78, 5) is 27.2. The number of pyridine rings is 1. The van der Waals surface area contributed by atoms with Gasteiger partial charge < -0.3 is 4.98 Å². The van der Waals surface area contributed by atoms with E-state index in [2.05, 4.69) is 4.98 Å². The van der Waals surface area contributed by atoms with E-state index in [1.54, 1.807) is 18.2 Å². The van der Waals surface area contributed by atoms with E-state index in [1.165, 1.54) is 0 Å². The lowest BCUT2D eigenvalue weighted by atomic mass is 10.0. The maximum atomic E-state index is 12.4. The molecule has 2 aromatic carbocycles. The Morgan fingerprint density at radius 3 is 2.45 bits per heavy atom. The molecule has 0 aliphatic rings. The fourth-order valence-electron chi connectivity index (χ4n) is 2.18. The molecular weight excluding hydrogens is 250 g/mol. The Labute approximate surface area is 115 Å². The van der Waals surface area contributed by atoms with Crippen LogP contribution in [0.4, 0.5) is 0 Å². The average molecular weight is 263 g/mol. The first-order valence-electron chi connectivity index (χ1n) is 6.38. The standard InChI is InChI=1S/C17H13NO2/c1-11-6-8-12(9-7-11)16(19)14-10-13-4-2-3-5-15(13)18-17(14)20/h2-10H,1H3,(H,18,20). The van der Waals surface area contributed by atoms with Crippen LogP contribution in [-0.4, -0.2) is 10.8 Å². The Hall–Kier alpha value is -2.68. The highest BCUT2D eigenvalue weighted by molar-refractivity contribution is 6.10. The van der Waals surface area contributed by atoms with E-state index in [9.17, 15) is 9.59 Å². The molecule has 0 saturated heterocycles. The number of rotatable bonds is 2. The van der Waals surface area contributed by atoms with Crippen LogP contribution in [0.5, 0.6) is 0 Å². The molecule has 1 aromatic heterocycles. The number of hydrogen-bond acceptors (Lipinski definition) is 2. The molecule has 0 amide bonds. The quantitative estimate of drug-likeness (QED) is 0.722. The van der Waals surface area contributed by atoms with Gasteiger partial charge in [-0.25, -0.2) is 0 Å². The number of aromatic nitrogens is 1. The van der Waals surface area contributed by atoms with Gasteiger partial charge in [0, 0.05) is 11.1 Å². The number of benzene rings is 2. The summed E-state index contributed by atoms with van der Waals surface area (Å²) in [6, 6.07) is 16.3. The Kier molecular flexibility index (Phi) is 2.95. The number of hydrogen-bond donors (Lipinski definition) is 1. The maximum absolute atomic E-state index is 12.4. The van der Waals surface area contributed by atoms with Crippen molar-refractivity contribution in [3.8, 4) is 0 Å². The summed E-state index contributed by atoms with van der Waals surface area (Å²) < 4.78 is 0. The third-order valence-corrected chi connectivity index (χ3v) is 3.31. The van der Waals surface area contributed by atoms with Gasteiger partial charge in [0.15, 0.2) is 5.78 Å². The molecule has 0 bridgehead atoms. The summed E-state index contributed by atoms with van der Waals surface area (Å²) in [7, 11) is 0. The Balaban J connectivity index is 2.14. The Bertz CT molecular complexity index is 845. The van der Waals surface area contributed by atoms with Gasteiger partial charge >= 0.3 is 0 Å². The molecule has 0 unspecified atom stereocenters. The second-order valence-corrected chi connectivity index (χ2v) is 4.79. The molecular formula is C17H13NO2. The molecule has 0 radical (unpaired) electrons. The van der Waals surface area contributed by atoms with E-state index >= 15 is 0 Å². The SMILES string of the molecule is Cc1ccc(C(=O)c2cc3ccccc3[nH]c2=O)cc1. The molecule has 0 fully saturated rings. The molecule has 1 heterocycles. The molecule has 0 aliphatic carbocycles. The zero-order valence-corrected chi connectivity index (χ0v) is 11.0. The van der Waals surface area contributed by atoms with E-state index in [-0.39, 0.29) is 16.9 Å². The van der Waals surface area contributed by atoms with Crippen molar-refractivity contribution in [2.24, 2.45) is 0 Å². The summed E-state index contributed by atoms with van der Waals surface area (Å²) >= 11 is 0. The first kappa shape index (κ1) is 12.4. The minimum Gasteiger partial charge on any atom is -0.321 e. The van der Waals surface area contributed by atoms with Gasteiger partial charge in [0.2, 0.25) is 0 Å². The highest BCUT2D eigenvalue weighted by Crippen LogP contribution is 2.13. The van der Waals surface area contributed by atoms with Crippen molar-refractivity contribution >= 4 is 16.7 Å². The van der Waals surface area contributed by atoms with Crippen LogP contribution in [0.15, 0.2) is 59.4 Å². The smallest absolute Gasteiger partial charge is 0.259 e. The van der Waals surface area contributed by atoms with Crippen molar-refractivity contribution in [3.63, 3.8) is 0 Å². The molecule has 3 aromatic rings. The third-order valence-electron chi connectivity index (χ3n) is 3.31. The molecule has 0 atom stereocenters. The minimum atomic E-state index is -0.353. The fourth-order valence-corrected chi connectivity index (χ4v) is 2.18. The van der Waals surface area contributed by atoms with Gasteiger partial charge in [-0.1, -0.05) is 48.0 Å². The third kappa shape index (κ3) is 2.14. The Morgan fingerprint density at radius 1 is 1.00 bits per heavy atom. The van der Waals surface area contributed by atoms with E-state index in [4.69, 9.17) is 0 Å². The van der Waals surface area contributed by atoms with E-state index in [1.807, 2.05) is 43.3 Å². The molecule has 0 aliphatic heterocycles. The lowest BCUT2D eigenvalue weighted by molar-refractivity contribution is 0.103. The second kappa shape index (κ2) is 4.78. The topological polar surface area (TPSA) is 49.9 Å². The van der Waals surface area contributed by atoms with Crippen molar-refractivity contribution < 1.29 is 4.79 Å². The molecule has 3 nitrogen and oxygen atoms in total. The van der Waals surface area contributed by atoms with Crippen molar-refractivity contribution in [2.75, 3.05) is 0 Å². The largest absolute Gasteiger partial charge is 0.321 e. The molecule has 3 rings (SSSR count). The molecule has 20 heavy (non-hydrogen) atoms. The molecule has 98 valence electrons. The average Bonchev–Trinajstić information content (AvgIpc) is 2.46. The van der Waals surface area contributed by atoms with E-state index in [0.717, 1.165) is 16.5 Å². The van der Waals surface area contributed by atoms with Crippen LogP contribution in [0.3, 0.4) is 0 Å². The van der Waals surface area contributed by atoms with Crippen LogP contribution < -0.4 is 5.56 Å². The maximum Gasteiger partial charge on any atom is 0.259 e. The number of fused-ring (bicyclic) bond motifs is 1. The van der Waals surface area contributed by atoms with Gasteiger partial charge in [0.1, 0.15) is 0 Å². The molecule has 1 N–H and O–H groups in total. The minimum absolute atomic E-state index is 0.174. The normalized spacial score (nSPS) is 10.7. The van der Waals surface area contributed by atoms with Crippen molar-refractivity contribution in [1.29, 1.82) is 0 Å². The van der Waals surface area contributed by atoms with Crippen molar-refractivity contribution in [3.05, 3.63) is 81.6 Å². The zero-order chi connectivity index (χ0) is 14.1. The van der Waals surface area contributed by atoms with E-state index < -0.39 is 0 Å². The summed E-state index contributed by atoms with van der Waals surface area (Å²) in [6.45, 7) is 1.96. The predicted octanol–water partition coefficient (Wildman–Crippen LogP) is 3.07. The first-order valence-corrected chi connectivity index (χ1v) is 6.38. The first-order chi connectivity index (χ1) is 9.65. The lowest BCUT2D eigenvalue weighted by Crippen LogP contribution is -2.18. The lowest BCUT2D eigenvalue weighted by Gasteiger charge is -2.03. The van der Waals surface area contributed by atoms with Crippen LogP contribution in [-0.2, 0) is 0 Å². The highest BCUT2D eigenvalue weighted by atomic mass is 16.1. The van der Waals surface area contributed by atoms with E-state index in [0.29, 0.717) is 5.56 Å². The zero-order valence-electron chi connectivity index (χ0n) is 11.0. The van der Waals surface area contributed by atoms with Crippen LogP contribution in [0.25, 0.3) is 10.9 Å². The summed E-state index contributed by atoms with van der Waals surface area (Å²) in [5.74, 6) is -0.253. The van der Waals surface area contributed by atoms with Crippen LogP contribution >= 0.6 is 0 Å². The van der Waals surface area contributed by atoms with Gasteiger partial charge in [-0.2, -0.15) is 0 Å². The predicted molar refractivity (Wildman–Crippen MR) is 79.2 cm³/mol. The second-order valence-electron chi connectivity index (χ2n) is 4.79. The van der Waals surface area contributed by atoms with Crippen molar-refractivity contribution in [2.45, 2.75) is 6.92 Å². The van der Waals surface area contributed by atoms with Gasteiger partial charge in [-0.05, 0) is 24.4 Å². The summed E-state index contributed by atoms with van der Waals surface area (Å²) in [5.41, 5.74) is 2.16. The fraction of sp³-hybridized carbons (Fsp3) is 0.0588. The summed E-state index contributed by atoms with van der Waals surface area (Å²) in [6.07, 6.45) is 0. The van der Waals surface area contributed by atoms with Gasteiger partial charge in [-0.3, -0.25) is 9.59 Å². The van der Waals surface area contributed by atoms with Crippen LogP contribution in [0.1, 0.15) is 21.5 Å². The number of nitrogens with one attached hydrogen (secondary N) is 1. The highest BCUT2D eigenvalue weighted by Gasteiger charge is 2.13. The Morgan fingerprint density at radius 2 is 1.70 bits per heavy atom. The number of carbonyl (C=O) groups is 1. The van der Waals surface area contributed by atoms with Gasteiger partial charge in [0.05, 0.1) is 5.56 Å². The van der Waals surface area contributed by atoms with Crippen molar-refractivity contribution in [1.82, 2.24) is 4.98 Å². The number of aromatic amines is 1. The number of carbonyl (C=O) groups excluding carboxylic acids is 1. The molecule has 0 saturated carbocycles. The van der Waals surface area contributed by atoms with Crippen LogP contribution in [0.2, 0.25) is 0 Å². The monoisotopic (exact) mass is 263 g/mol.